The first-order valence-corrected chi connectivity index (χ1v) is 4.24. The smallest absolute Gasteiger partial charge is 0.103 e. The van der Waals surface area contributed by atoms with E-state index < -0.39 is 5.60 Å². The number of hydrogen-bond donors (Lipinski definition) is 1. The van der Waals surface area contributed by atoms with Crippen molar-refractivity contribution in [1.29, 1.82) is 0 Å². The molecule has 1 N–H and O–H groups in total. The molecular formula is C9H16ClNO. The first kappa shape index (κ1) is 11.7. The molecule has 0 heterocycles. The highest BCUT2D eigenvalue weighted by atomic mass is 35.5. The molecule has 0 unspecified atom stereocenters. The molecule has 0 amide bonds. The summed E-state index contributed by atoms with van der Waals surface area (Å²) in [6.45, 7) is 8.84. The molecule has 0 rings (SSSR count). The fourth-order valence-corrected chi connectivity index (χ4v) is 0.884. The van der Waals surface area contributed by atoms with Crippen molar-refractivity contribution in [1.82, 2.24) is 0 Å². The van der Waals surface area contributed by atoms with Crippen LogP contribution in [-0.2, 0) is 0 Å². The minimum Gasteiger partial charge on any atom is -0.386 e. The number of rotatable bonds is 2. The van der Waals surface area contributed by atoms with Crippen LogP contribution in [0.3, 0.4) is 0 Å². The predicted molar refractivity (Wildman–Crippen MR) is 53.6 cm³/mol. The first-order chi connectivity index (χ1) is 5.25. The Morgan fingerprint density at radius 1 is 1.25 bits per heavy atom. The van der Waals surface area contributed by atoms with Gasteiger partial charge < -0.3 is 5.11 Å². The lowest BCUT2D eigenvalue weighted by Gasteiger charge is -2.19. The number of halogens is 1. The van der Waals surface area contributed by atoms with E-state index >= 15 is 0 Å². The van der Waals surface area contributed by atoms with Gasteiger partial charge in [-0.15, -0.1) is 0 Å². The van der Waals surface area contributed by atoms with Gasteiger partial charge in [0.25, 0.3) is 0 Å². The van der Waals surface area contributed by atoms with E-state index in [1.165, 1.54) is 0 Å². The second-order valence-electron chi connectivity index (χ2n) is 3.38. The number of aliphatic hydroxyl groups is 1. The van der Waals surface area contributed by atoms with Gasteiger partial charge in [-0.05, 0) is 40.2 Å². The van der Waals surface area contributed by atoms with Crippen LogP contribution in [0.25, 0.3) is 0 Å². The van der Waals surface area contributed by atoms with Gasteiger partial charge in [0.15, 0.2) is 0 Å². The minimum absolute atomic E-state index is 0.483. The molecule has 0 aliphatic heterocycles. The van der Waals surface area contributed by atoms with Gasteiger partial charge in [0.05, 0.1) is 5.60 Å². The highest BCUT2D eigenvalue weighted by Crippen LogP contribution is 2.19. The summed E-state index contributed by atoms with van der Waals surface area (Å²) in [7, 11) is 0. The summed E-state index contributed by atoms with van der Waals surface area (Å²) in [6, 6.07) is 0. The summed E-state index contributed by atoms with van der Waals surface area (Å²) in [4.78, 5) is 4.05. The van der Waals surface area contributed by atoms with E-state index in [0.29, 0.717) is 5.17 Å². The maximum atomic E-state index is 9.60. The van der Waals surface area contributed by atoms with Crippen LogP contribution in [0, 0.1) is 0 Å². The molecule has 0 aromatic rings. The van der Waals surface area contributed by atoms with Crippen LogP contribution in [0.1, 0.15) is 34.6 Å². The van der Waals surface area contributed by atoms with Gasteiger partial charge in [-0.1, -0.05) is 11.6 Å². The van der Waals surface area contributed by atoms with Crippen molar-refractivity contribution in [3.05, 3.63) is 11.3 Å². The zero-order valence-corrected chi connectivity index (χ0v) is 9.03. The van der Waals surface area contributed by atoms with Crippen LogP contribution in [0.5, 0.6) is 0 Å². The average Bonchev–Trinajstić information content (AvgIpc) is 1.82. The third-order valence-electron chi connectivity index (χ3n) is 1.78. The van der Waals surface area contributed by atoms with E-state index in [4.69, 9.17) is 11.6 Å². The molecule has 0 aliphatic carbocycles. The highest BCUT2D eigenvalue weighted by molar-refractivity contribution is 6.64. The largest absolute Gasteiger partial charge is 0.386 e. The highest BCUT2D eigenvalue weighted by Gasteiger charge is 2.16. The predicted octanol–water partition coefficient (Wildman–Crippen LogP) is 2.71. The molecule has 0 saturated carbocycles. The molecule has 0 aliphatic rings. The summed E-state index contributed by atoms with van der Waals surface area (Å²) < 4.78 is 0. The monoisotopic (exact) mass is 189 g/mol. The Balaban J connectivity index is 4.83. The zero-order chi connectivity index (χ0) is 9.94. The second kappa shape index (κ2) is 4.06. The van der Waals surface area contributed by atoms with Crippen LogP contribution in [0.2, 0.25) is 0 Å². The van der Waals surface area contributed by atoms with Crippen molar-refractivity contribution in [2.45, 2.75) is 40.2 Å². The molecule has 0 saturated heterocycles. The Hall–Kier alpha value is -0.340. The second-order valence-corrected chi connectivity index (χ2v) is 3.93. The van der Waals surface area contributed by atoms with Crippen molar-refractivity contribution >= 4 is 16.8 Å². The van der Waals surface area contributed by atoms with E-state index in [0.717, 1.165) is 11.3 Å². The topological polar surface area (TPSA) is 32.6 Å². The van der Waals surface area contributed by atoms with Crippen molar-refractivity contribution in [3.63, 3.8) is 0 Å². The Morgan fingerprint density at radius 2 is 1.67 bits per heavy atom. The SMILES string of the molecule is CC(Cl)=NC(C)=C(C)C(C)(C)O. The first-order valence-electron chi connectivity index (χ1n) is 3.86. The summed E-state index contributed by atoms with van der Waals surface area (Å²) in [5.41, 5.74) is 0.789. The molecule has 70 valence electrons. The molecule has 0 aromatic heterocycles. The molecule has 2 nitrogen and oxygen atoms in total. The van der Waals surface area contributed by atoms with Crippen LogP contribution in [-0.4, -0.2) is 15.9 Å². The summed E-state index contributed by atoms with van der Waals surface area (Å²) in [5, 5.41) is 10.1. The maximum Gasteiger partial charge on any atom is 0.103 e. The van der Waals surface area contributed by atoms with Crippen LogP contribution >= 0.6 is 11.6 Å². The number of allylic oxidation sites excluding steroid dienone is 1. The molecule has 0 atom stereocenters. The maximum absolute atomic E-state index is 9.60. The van der Waals surface area contributed by atoms with Crippen LogP contribution < -0.4 is 0 Å². The fourth-order valence-electron chi connectivity index (χ4n) is 0.758. The number of nitrogens with zero attached hydrogens (tertiary/aromatic N) is 1. The van der Waals surface area contributed by atoms with Crippen molar-refractivity contribution in [3.8, 4) is 0 Å². The number of aliphatic imine (C=N–C) groups is 1. The van der Waals surface area contributed by atoms with Gasteiger partial charge in [0, 0.05) is 5.70 Å². The quantitative estimate of drug-likeness (QED) is 0.666. The lowest BCUT2D eigenvalue weighted by molar-refractivity contribution is 0.118. The summed E-state index contributed by atoms with van der Waals surface area (Å²) >= 11 is 5.60. The molecule has 0 bridgehead atoms. The Morgan fingerprint density at radius 3 is 1.92 bits per heavy atom. The Kier molecular flexibility index (Phi) is 3.94. The third-order valence-corrected chi connectivity index (χ3v) is 1.87. The number of hydrogen-bond acceptors (Lipinski definition) is 2. The van der Waals surface area contributed by atoms with Gasteiger partial charge >= 0.3 is 0 Å². The molecule has 0 aromatic carbocycles. The van der Waals surface area contributed by atoms with Gasteiger partial charge in [-0.3, -0.25) is 0 Å². The lowest BCUT2D eigenvalue weighted by atomic mass is 9.98. The van der Waals surface area contributed by atoms with E-state index in [9.17, 15) is 5.11 Å². The summed E-state index contributed by atoms with van der Waals surface area (Å²) in [6.07, 6.45) is 0. The molecule has 12 heavy (non-hydrogen) atoms. The fraction of sp³-hybridized carbons (Fsp3) is 0.667. The van der Waals surface area contributed by atoms with Gasteiger partial charge in [-0.25, -0.2) is 4.99 Å². The molecule has 0 fully saturated rings. The Labute approximate surface area is 79.0 Å². The molecule has 0 radical (unpaired) electrons. The molecule has 0 spiro atoms. The van der Waals surface area contributed by atoms with Gasteiger partial charge in [-0.2, -0.15) is 0 Å². The standard InChI is InChI=1S/C9H16ClNO/c1-6(9(4,5)12)7(2)11-8(3)10/h12H,1-5H3. The van der Waals surface area contributed by atoms with E-state index in [-0.39, 0.29) is 0 Å². The van der Waals surface area contributed by atoms with Gasteiger partial charge in [0.1, 0.15) is 5.17 Å². The van der Waals surface area contributed by atoms with Crippen molar-refractivity contribution in [2.75, 3.05) is 0 Å². The van der Waals surface area contributed by atoms with Crippen molar-refractivity contribution in [2.24, 2.45) is 4.99 Å². The van der Waals surface area contributed by atoms with Crippen molar-refractivity contribution < 1.29 is 5.11 Å². The zero-order valence-electron chi connectivity index (χ0n) is 8.27. The third kappa shape index (κ3) is 3.88. The molecular weight excluding hydrogens is 174 g/mol. The molecule has 3 heteroatoms. The van der Waals surface area contributed by atoms with Gasteiger partial charge in [0.2, 0.25) is 0 Å². The van der Waals surface area contributed by atoms with E-state index in [2.05, 4.69) is 4.99 Å². The van der Waals surface area contributed by atoms with Crippen LogP contribution in [0.4, 0.5) is 0 Å². The Bertz CT molecular complexity index is 219. The van der Waals surface area contributed by atoms with Crippen LogP contribution in [0.15, 0.2) is 16.3 Å². The van der Waals surface area contributed by atoms with E-state index in [1.807, 2.05) is 13.8 Å². The van der Waals surface area contributed by atoms with E-state index in [1.54, 1.807) is 20.8 Å². The minimum atomic E-state index is -0.820. The lowest BCUT2D eigenvalue weighted by Crippen LogP contribution is -2.21. The average molecular weight is 190 g/mol. The summed E-state index contributed by atoms with van der Waals surface area (Å²) in [5.74, 6) is 0. The normalized spacial score (nSPS) is 16.1.